The maximum atomic E-state index is 10.9. The van der Waals surface area contributed by atoms with Gasteiger partial charge in [0, 0.05) is 12.3 Å². The molecule has 2 nitrogen and oxygen atoms in total. The first-order valence-electron chi connectivity index (χ1n) is 4.22. The number of hydrogen-bond donors (Lipinski definition) is 0. The van der Waals surface area contributed by atoms with Crippen molar-refractivity contribution in [3.8, 4) is 0 Å². The first-order valence-corrected chi connectivity index (χ1v) is 4.22. The number of fused-ring (bicyclic) bond motifs is 1. The summed E-state index contributed by atoms with van der Waals surface area (Å²) in [5, 5.41) is 0. The molecule has 2 heteroatoms. The van der Waals surface area contributed by atoms with Crippen molar-refractivity contribution in [2.45, 2.75) is 31.8 Å². The molecule has 1 saturated heterocycles. The van der Waals surface area contributed by atoms with E-state index < -0.39 is 0 Å². The molecule has 0 radical (unpaired) electrons. The summed E-state index contributed by atoms with van der Waals surface area (Å²) >= 11 is 0. The van der Waals surface area contributed by atoms with Crippen LogP contribution in [0.4, 0.5) is 0 Å². The van der Waals surface area contributed by atoms with Crippen molar-refractivity contribution in [1.82, 2.24) is 0 Å². The second-order valence-electron chi connectivity index (χ2n) is 3.26. The third-order valence-corrected chi connectivity index (χ3v) is 2.48. The summed E-state index contributed by atoms with van der Waals surface area (Å²) in [4.78, 5) is 10.9. The molecule has 11 heavy (non-hydrogen) atoms. The molecule has 0 N–H and O–H groups in total. The van der Waals surface area contributed by atoms with Gasteiger partial charge in [-0.2, -0.15) is 0 Å². The Labute approximate surface area is 66.2 Å². The summed E-state index contributed by atoms with van der Waals surface area (Å²) in [7, 11) is 0. The number of carbonyl (C=O) groups excluding carboxylic acids is 1. The van der Waals surface area contributed by atoms with Gasteiger partial charge in [0.1, 0.15) is 6.10 Å². The number of hydrogen-bond acceptors (Lipinski definition) is 2. The third kappa shape index (κ3) is 1.30. The Morgan fingerprint density at radius 2 is 2.36 bits per heavy atom. The van der Waals surface area contributed by atoms with Gasteiger partial charge < -0.3 is 4.74 Å². The second-order valence-corrected chi connectivity index (χ2v) is 3.26. The van der Waals surface area contributed by atoms with Crippen LogP contribution in [0.25, 0.3) is 0 Å². The Morgan fingerprint density at radius 1 is 1.45 bits per heavy atom. The molecule has 0 amide bonds. The van der Waals surface area contributed by atoms with E-state index >= 15 is 0 Å². The van der Waals surface area contributed by atoms with E-state index in [-0.39, 0.29) is 12.1 Å². The van der Waals surface area contributed by atoms with Gasteiger partial charge in [0.15, 0.2) is 0 Å². The molecule has 1 heterocycles. The van der Waals surface area contributed by atoms with Gasteiger partial charge in [0.25, 0.3) is 0 Å². The minimum Gasteiger partial charge on any atom is -0.458 e. The third-order valence-electron chi connectivity index (χ3n) is 2.48. The Kier molecular flexibility index (Phi) is 1.68. The average Bonchev–Trinajstić information content (AvgIpc) is 2.04. The van der Waals surface area contributed by atoms with Crippen LogP contribution in [0.15, 0.2) is 12.2 Å². The van der Waals surface area contributed by atoms with Gasteiger partial charge in [0.05, 0.1) is 0 Å². The van der Waals surface area contributed by atoms with Crippen LogP contribution in [0.1, 0.15) is 25.7 Å². The normalized spacial score (nSPS) is 36.2. The Balaban J connectivity index is 2.08. The summed E-state index contributed by atoms with van der Waals surface area (Å²) in [5.41, 5.74) is 0. The minimum atomic E-state index is -0.0298. The first-order chi connectivity index (χ1) is 5.36. The predicted molar refractivity (Wildman–Crippen MR) is 41.0 cm³/mol. The highest BCUT2D eigenvalue weighted by Crippen LogP contribution is 2.29. The molecule has 0 bridgehead atoms. The van der Waals surface area contributed by atoms with Gasteiger partial charge in [-0.3, -0.25) is 4.79 Å². The minimum absolute atomic E-state index is 0.0298. The van der Waals surface area contributed by atoms with Crippen LogP contribution in [0.5, 0.6) is 0 Å². The lowest BCUT2D eigenvalue weighted by Gasteiger charge is -2.31. The first kappa shape index (κ1) is 6.89. The van der Waals surface area contributed by atoms with Crippen LogP contribution in [0, 0.1) is 5.92 Å². The summed E-state index contributed by atoms with van der Waals surface area (Å²) in [5.74, 6) is 0.579. The number of ether oxygens (including phenoxy) is 1. The van der Waals surface area contributed by atoms with Crippen molar-refractivity contribution in [3.05, 3.63) is 12.2 Å². The molecule has 0 aromatic rings. The highest BCUT2D eigenvalue weighted by Gasteiger charge is 2.29. The lowest BCUT2D eigenvalue weighted by molar-refractivity contribution is -0.155. The lowest BCUT2D eigenvalue weighted by atomic mass is 9.86. The molecular formula is C9H12O2. The predicted octanol–water partition coefficient (Wildman–Crippen LogP) is 1.66. The molecule has 2 aliphatic rings. The standard InChI is InChI=1S/C9H12O2/c10-9-6-5-7-3-1-2-4-8(7)11-9/h2,4,7-8H,1,3,5-6H2/t7-,8+/m1/s1. The van der Waals surface area contributed by atoms with Gasteiger partial charge >= 0.3 is 5.97 Å². The molecule has 1 aliphatic heterocycles. The van der Waals surface area contributed by atoms with Crippen molar-refractivity contribution in [2.75, 3.05) is 0 Å². The van der Waals surface area contributed by atoms with Crippen LogP contribution in [0.2, 0.25) is 0 Å². The van der Waals surface area contributed by atoms with Crippen LogP contribution >= 0.6 is 0 Å². The fourth-order valence-electron chi connectivity index (χ4n) is 1.82. The van der Waals surface area contributed by atoms with E-state index in [4.69, 9.17) is 4.74 Å². The maximum Gasteiger partial charge on any atom is 0.306 e. The average molecular weight is 152 g/mol. The van der Waals surface area contributed by atoms with Gasteiger partial charge in [-0.05, 0) is 25.3 Å². The second kappa shape index (κ2) is 2.68. The van der Waals surface area contributed by atoms with Crippen LogP contribution < -0.4 is 0 Å². The number of allylic oxidation sites excluding steroid dienone is 1. The quantitative estimate of drug-likeness (QED) is 0.390. The molecule has 0 aromatic carbocycles. The smallest absolute Gasteiger partial charge is 0.306 e. The highest BCUT2D eigenvalue weighted by molar-refractivity contribution is 5.70. The fourth-order valence-corrected chi connectivity index (χ4v) is 1.82. The number of esters is 1. The topological polar surface area (TPSA) is 26.3 Å². The van der Waals surface area contributed by atoms with Crippen molar-refractivity contribution in [3.63, 3.8) is 0 Å². The lowest BCUT2D eigenvalue weighted by Crippen LogP contribution is -2.32. The van der Waals surface area contributed by atoms with E-state index in [1.54, 1.807) is 0 Å². The Morgan fingerprint density at radius 3 is 3.27 bits per heavy atom. The monoisotopic (exact) mass is 152 g/mol. The van der Waals surface area contributed by atoms with Crippen LogP contribution in [-0.2, 0) is 9.53 Å². The Bertz CT molecular complexity index is 196. The molecule has 1 fully saturated rings. The summed E-state index contributed by atoms with van der Waals surface area (Å²) in [6.45, 7) is 0. The van der Waals surface area contributed by atoms with E-state index in [9.17, 15) is 4.79 Å². The van der Waals surface area contributed by atoms with Crippen molar-refractivity contribution in [2.24, 2.45) is 5.92 Å². The molecule has 0 saturated carbocycles. The van der Waals surface area contributed by atoms with Gasteiger partial charge in [-0.15, -0.1) is 0 Å². The fraction of sp³-hybridized carbons (Fsp3) is 0.667. The molecule has 0 aromatic heterocycles. The van der Waals surface area contributed by atoms with Gasteiger partial charge in [0.2, 0.25) is 0 Å². The molecule has 1 aliphatic carbocycles. The highest BCUT2D eigenvalue weighted by atomic mass is 16.5. The zero-order valence-corrected chi connectivity index (χ0v) is 6.45. The summed E-state index contributed by atoms with van der Waals surface area (Å²) in [6.07, 6.45) is 8.23. The van der Waals surface area contributed by atoms with E-state index in [0.717, 1.165) is 12.8 Å². The van der Waals surface area contributed by atoms with E-state index in [0.29, 0.717) is 12.3 Å². The van der Waals surface area contributed by atoms with E-state index in [1.807, 2.05) is 6.08 Å². The molecule has 60 valence electrons. The van der Waals surface area contributed by atoms with Gasteiger partial charge in [-0.1, -0.05) is 6.08 Å². The van der Waals surface area contributed by atoms with Gasteiger partial charge in [-0.25, -0.2) is 0 Å². The largest absolute Gasteiger partial charge is 0.458 e. The summed E-state index contributed by atoms with van der Waals surface area (Å²) in [6, 6.07) is 0. The van der Waals surface area contributed by atoms with Crippen LogP contribution in [0.3, 0.4) is 0 Å². The molecular weight excluding hydrogens is 140 g/mol. The van der Waals surface area contributed by atoms with Crippen LogP contribution in [-0.4, -0.2) is 12.1 Å². The summed E-state index contributed by atoms with van der Waals surface area (Å²) < 4.78 is 5.16. The SMILES string of the molecule is O=C1CC[C@H]2CCC=C[C@@H]2O1. The number of carbonyl (C=O) groups is 1. The zero-order valence-electron chi connectivity index (χ0n) is 6.45. The zero-order chi connectivity index (χ0) is 7.68. The molecule has 0 spiro atoms. The van der Waals surface area contributed by atoms with Crippen molar-refractivity contribution >= 4 is 5.97 Å². The van der Waals surface area contributed by atoms with Crippen molar-refractivity contribution in [1.29, 1.82) is 0 Å². The molecule has 0 unspecified atom stereocenters. The van der Waals surface area contributed by atoms with Crippen molar-refractivity contribution < 1.29 is 9.53 Å². The Hall–Kier alpha value is -0.790. The number of rotatable bonds is 0. The van der Waals surface area contributed by atoms with E-state index in [2.05, 4.69) is 6.08 Å². The molecule has 2 atom stereocenters. The molecule has 2 rings (SSSR count). The van der Waals surface area contributed by atoms with E-state index in [1.165, 1.54) is 6.42 Å². The maximum absolute atomic E-state index is 10.9.